The summed E-state index contributed by atoms with van der Waals surface area (Å²) in [6, 6.07) is 8.20. The number of nitrogens with zero attached hydrogens (tertiary/aromatic N) is 2. The Balaban J connectivity index is 1.96. The lowest BCUT2D eigenvalue weighted by Crippen LogP contribution is -2.32. The van der Waals surface area contributed by atoms with Gasteiger partial charge >= 0.3 is 6.18 Å². The number of para-hydroxylation sites is 1. The van der Waals surface area contributed by atoms with E-state index in [1.807, 2.05) is 0 Å². The molecule has 0 aliphatic rings. The van der Waals surface area contributed by atoms with Crippen molar-refractivity contribution in [1.29, 1.82) is 0 Å². The molecule has 10 heteroatoms. The van der Waals surface area contributed by atoms with E-state index in [1.54, 1.807) is 0 Å². The van der Waals surface area contributed by atoms with Gasteiger partial charge in [-0.3, -0.25) is 9.59 Å². The van der Waals surface area contributed by atoms with Crippen LogP contribution in [0.1, 0.15) is 27.3 Å². The molecule has 1 aromatic heterocycles. The van der Waals surface area contributed by atoms with Crippen molar-refractivity contribution in [2.24, 2.45) is 0 Å². The summed E-state index contributed by atoms with van der Waals surface area (Å²) in [4.78, 5) is 24.6. The van der Waals surface area contributed by atoms with E-state index < -0.39 is 40.4 Å². The minimum Gasteiger partial charge on any atom is -0.346 e. The van der Waals surface area contributed by atoms with Gasteiger partial charge in [0.1, 0.15) is 11.6 Å². The standard InChI is InChI=1S/C20H14F5N3O2/c1-11-6-17(29)18(19(30)26-10-12-7-13(21)9-14(22)8-12)27-28(11)16-5-3-2-4-15(16)20(23,24)25/h2-9H,10H2,1H3,(H,26,30). The van der Waals surface area contributed by atoms with Crippen molar-refractivity contribution in [3.8, 4) is 5.69 Å². The molecular formula is C20H14F5N3O2. The van der Waals surface area contributed by atoms with Crippen molar-refractivity contribution in [1.82, 2.24) is 15.1 Å². The van der Waals surface area contributed by atoms with Crippen LogP contribution in [0.3, 0.4) is 0 Å². The van der Waals surface area contributed by atoms with Gasteiger partial charge in [-0.2, -0.15) is 18.3 Å². The van der Waals surface area contributed by atoms with Crippen molar-refractivity contribution in [3.63, 3.8) is 0 Å². The fourth-order valence-corrected chi connectivity index (χ4v) is 2.83. The molecule has 2 aromatic carbocycles. The summed E-state index contributed by atoms with van der Waals surface area (Å²) in [6.07, 6.45) is -4.68. The van der Waals surface area contributed by atoms with E-state index in [0.717, 1.165) is 35.0 Å². The van der Waals surface area contributed by atoms with Crippen molar-refractivity contribution in [2.75, 3.05) is 0 Å². The molecule has 0 atom stereocenters. The van der Waals surface area contributed by atoms with E-state index in [1.165, 1.54) is 19.1 Å². The average molecular weight is 423 g/mol. The Morgan fingerprint density at radius 1 is 1.07 bits per heavy atom. The van der Waals surface area contributed by atoms with Crippen LogP contribution in [0, 0.1) is 18.6 Å². The van der Waals surface area contributed by atoms with Gasteiger partial charge in [0, 0.05) is 24.4 Å². The van der Waals surface area contributed by atoms with Crippen molar-refractivity contribution in [3.05, 3.63) is 92.9 Å². The average Bonchev–Trinajstić information content (AvgIpc) is 2.65. The maximum atomic E-state index is 13.3. The molecule has 1 amide bonds. The molecule has 0 radical (unpaired) electrons. The van der Waals surface area contributed by atoms with Crippen LogP contribution in [0.4, 0.5) is 22.0 Å². The van der Waals surface area contributed by atoms with Gasteiger partial charge in [0.2, 0.25) is 5.43 Å². The number of rotatable bonds is 4. The van der Waals surface area contributed by atoms with Gasteiger partial charge in [-0.15, -0.1) is 0 Å². The Bertz CT molecular complexity index is 1150. The zero-order valence-electron chi connectivity index (χ0n) is 15.4. The first kappa shape index (κ1) is 21.2. The number of hydrogen-bond donors (Lipinski definition) is 1. The molecule has 0 saturated heterocycles. The topological polar surface area (TPSA) is 64.0 Å². The molecule has 0 aliphatic heterocycles. The zero-order chi connectivity index (χ0) is 22.1. The van der Waals surface area contributed by atoms with E-state index in [2.05, 4.69) is 10.4 Å². The SMILES string of the molecule is Cc1cc(=O)c(C(=O)NCc2cc(F)cc(F)c2)nn1-c1ccccc1C(F)(F)F. The Morgan fingerprint density at radius 2 is 1.70 bits per heavy atom. The third-order valence-electron chi connectivity index (χ3n) is 4.14. The van der Waals surface area contributed by atoms with Gasteiger partial charge in [0.05, 0.1) is 11.3 Å². The largest absolute Gasteiger partial charge is 0.418 e. The lowest BCUT2D eigenvalue weighted by atomic mass is 10.1. The highest BCUT2D eigenvalue weighted by atomic mass is 19.4. The monoisotopic (exact) mass is 423 g/mol. The van der Waals surface area contributed by atoms with Gasteiger partial charge in [0.25, 0.3) is 5.91 Å². The number of hydrogen-bond acceptors (Lipinski definition) is 3. The van der Waals surface area contributed by atoms with Crippen LogP contribution in [0.2, 0.25) is 0 Å². The van der Waals surface area contributed by atoms with E-state index in [9.17, 15) is 31.5 Å². The summed E-state index contributed by atoms with van der Waals surface area (Å²) >= 11 is 0. The predicted molar refractivity (Wildman–Crippen MR) is 97.1 cm³/mol. The Labute approximate surface area is 166 Å². The molecule has 1 N–H and O–H groups in total. The number of benzene rings is 2. The van der Waals surface area contributed by atoms with Crippen LogP contribution in [0.15, 0.2) is 53.3 Å². The van der Waals surface area contributed by atoms with E-state index in [4.69, 9.17) is 0 Å². The summed E-state index contributed by atoms with van der Waals surface area (Å²) in [5.74, 6) is -2.69. The fourth-order valence-electron chi connectivity index (χ4n) is 2.83. The summed E-state index contributed by atoms with van der Waals surface area (Å²) in [5.41, 5.74) is -2.64. The molecule has 0 fully saturated rings. The van der Waals surface area contributed by atoms with Gasteiger partial charge in [-0.05, 0) is 36.8 Å². The van der Waals surface area contributed by atoms with Gasteiger partial charge in [-0.25, -0.2) is 13.5 Å². The van der Waals surface area contributed by atoms with Crippen molar-refractivity contribution >= 4 is 5.91 Å². The normalized spacial score (nSPS) is 11.4. The number of aromatic nitrogens is 2. The highest BCUT2D eigenvalue weighted by molar-refractivity contribution is 5.92. The minimum absolute atomic E-state index is 0.0838. The first-order chi connectivity index (χ1) is 14.1. The lowest BCUT2D eigenvalue weighted by Gasteiger charge is -2.16. The highest BCUT2D eigenvalue weighted by Gasteiger charge is 2.34. The van der Waals surface area contributed by atoms with E-state index in [-0.39, 0.29) is 23.5 Å². The number of nitrogens with one attached hydrogen (secondary N) is 1. The van der Waals surface area contributed by atoms with Crippen LogP contribution < -0.4 is 10.7 Å². The second kappa shape index (κ2) is 8.05. The molecule has 3 rings (SSSR count). The molecule has 0 saturated carbocycles. The number of carbonyl (C=O) groups excluding carboxylic acids is 1. The number of carbonyl (C=O) groups is 1. The second-order valence-corrected chi connectivity index (χ2v) is 6.39. The van der Waals surface area contributed by atoms with Crippen LogP contribution in [0.5, 0.6) is 0 Å². The second-order valence-electron chi connectivity index (χ2n) is 6.39. The third kappa shape index (κ3) is 4.53. The predicted octanol–water partition coefficient (Wildman–Crippen LogP) is 3.77. The summed E-state index contributed by atoms with van der Waals surface area (Å²) in [7, 11) is 0. The number of alkyl halides is 3. The number of halogens is 5. The summed E-state index contributed by atoms with van der Waals surface area (Å²) in [6.45, 7) is 1.06. The molecule has 5 nitrogen and oxygen atoms in total. The maximum absolute atomic E-state index is 13.3. The molecule has 0 bridgehead atoms. The Kier molecular flexibility index (Phi) is 5.68. The van der Waals surface area contributed by atoms with E-state index in [0.29, 0.717) is 6.07 Å². The van der Waals surface area contributed by atoms with Gasteiger partial charge in [0.15, 0.2) is 5.69 Å². The van der Waals surface area contributed by atoms with Crippen molar-refractivity contribution < 1.29 is 26.7 Å². The molecule has 0 unspecified atom stereocenters. The molecule has 1 heterocycles. The first-order valence-electron chi connectivity index (χ1n) is 8.57. The molecule has 0 spiro atoms. The van der Waals surface area contributed by atoms with Crippen LogP contribution in [-0.2, 0) is 12.7 Å². The quantitative estimate of drug-likeness (QED) is 0.650. The molecule has 156 valence electrons. The van der Waals surface area contributed by atoms with Crippen molar-refractivity contribution in [2.45, 2.75) is 19.6 Å². The molecule has 0 aliphatic carbocycles. The molecular weight excluding hydrogens is 409 g/mol. The third-order valence-corrected chi connectivity index (χ3v) is 4.14. The summed E-state index contributed by atoms with van der Waals surface area (Å²) in [5, 5.41) is 6.09. The van der Waals surface area contributed by atoms with Gasteiger partial charge < -0.3 is 5.32 Å². The van der Waals surface area contributed by atoms with Crippen LogP contribution in [-0.4, -0.2) is 15.7 Å². The van der Waals surface area contributed by atoms with E-state index >= 15 is 0 Å². The molecule has 30 heavy (non-hydrogen) atoms. The lowest BCUT2D eigenvalue weighted by molar-refractivity contribution is -0.137. The number of amides is 1. The first-order valence-corrected chi connectivity index (χ1v) is 8.57. The van der Waals surface area contributed by atoms with Crippen LogP contribution >= 0.6 is 0 Å². The highest BCUT2D eigenvalue weighted by Crippen LogP contribution is 2.33. The summed E-state index contributed by atoms with van der Waals surface area (Å²) < 4.78 is 67.3. The maximum Gasteiger partial charge on any atom is 0.418 e. The fraction of sp³-hybridized carbons (Fsp3) is 0.150. The minimum atomic E-state index is -4.68. The van der Waals surface area contributed by atoms with Crippen LogP contribution in [0.25, 0.3) is 5.69 Å². The number of aryl methyl sites for hydroxylation is 1. The van der Waals surface area contributed by atoms with Gasteiger partial charge in [-0.1, -0.05) is 12.1 Å². The smallest absolute Gasteiger partial charge is 0.346 e. The Morgan fingerprint density at radius 3 is 2.33 bits per heavy atom. The zero-order valence-corrected chi connectivity index (χ0v) is 15.4. The molecule has 3 aromatic rings. The Hall–Kier alpha value is -3.56.